The Balaban J connectivity index is 2.44. The number of aliphatic hydroxyl groups is 3. The first-order valence-electron chi connectivity index (χ1n) is 4.77. The van der Waals surface area contributed by atoms with Gasteiger partial charge < -0.3 is 15.3 Å². The zero-order chi connectivity index (χ0) is 10.0. The smallest absolute Gasteiger partial charge is 0.108 e. The van der Waals surface area contributed by atoms with Gasteiger partial charge in [-0.1, -0.05) is 13.8 Å². The fourth-order valence-electron chi connectivity index (χ4n) is 1.74. The molecule has 0 aromatic heterocycles. The van der Waals surface area contributed by atoms with Crippen molar-refractivity contribution in [1.29, 1.82) is 0 Å². The summed E-state index contributed by atoms with van der Waals surface area (Å²) >= 11 is 0. The lowest BCUT2D eigenvalue weighted by Gasteiger charge is -2.37. The van der Waals surface area contributed by atoms with Crippen molar-refractivity contribution in [3.05, 3.63) is 0 Å². The van der Waals surface area contributed by atoms with Crippen LogP contribution in [0.25, 0.3) is 0 Å². The highest BCUT2D eigenvalue weighted by Crippen LogP contribution is 2.13. The summed E-state index contributed by atoms with van der Waals surface area (Å²) in [7, 11) is 0. The van der Waals surface area contributed by atoms with Crippen LogP contribution in [0.1, 0.15) is 13.8 Å². The molecule has 1 heterocycles. The van der Waals surface area contributed by atoms with Crippen LogP contribution in [0.15, 0.2) is 0 Å². The fraction of sp³-hybridized carbons (Fsp3) is 1.00. The zero-order valence-electron chi connectivity index (χ0n) is 8.22. The van der Waals surface area contributed by atoms with Gasteiger partial charge in [0, 0.05) is 19.6 Å². The van der Waals surface area contributed by atoms with Crippen LogP contribution in [0.5, 0.6) is 0 Å². The summed E-state index contributed by atoms with van der Waals surface area (Å²) in [6.45, 7) is 5.93. The van der Waals surface area contributed by atoms with Crippen LogP contribution in [0.2, 0.25) is 0 Å². The molecule has 4 heteroatoms. The number of hydrogen-bond acceptors (Lipinski definition) is 4. The van der Waals surface area contributed by atoms with Crippen LogP contribution in [-0.4, -0.2) is 58.2 Å². The van der Waals surface area contributed by atoms with E-state index < -0.39 is 18.3 Å². The lowest BCUT2D eigenvalue weighted by Crippen LogP contribution is -2.55. The van der Waals surface area contributed by atoms with Gasteiger partial charge in [-0.3, -0.25) is 4.90 Å². The molecule has 2 unspecified atom stereocenters. The van der Waals surface area contributed by atoms with E-state index in [1.807, 2.05) is 4.90 Å². The van der Waals surface area contributed by atoms with Gasteiger partial charge in [0.15, 0.2) is 0 Å². The predicted molar refractivity (Wildman–Crippen MR) is 49.3 cm³/mol. The lowest BCUT2D eigenvalue weighted by molar-refractivity contribution is -0.111. The first kappa shape index (κ1) is 10.9. The Morgan fingerprint density at radius 1 is 1.15 bits per heavy atom. The normalized spacial score (nSPS) is 36.9. The molecule has 4 nitrogen and oxygen atoms in total. The van der Waals surface area contributed by atoms with Gasteiger partial charge in [-0.2, -0.15) is 0 Å². The molecule has 0 aliphatic carbocycles. The van der Waals surface area contributed by atoms with Gasteiger partial charge in [-0.05, 0) is 5.92 Å². The third-order valence-electron chi connectivity index (χ3n) is 2.30. The first-order chi connectivity index (χ1) is 6.00. The van der Waals surface area contributed by atoms with E-state index >= 15 is 0 Å². The summed E-state index contributed by atoms with van der Waals surface area (Å²) in [6, 6.07) is 0. The molecule has 0 aromatic carbocycles. The number of nitrogens with zero attached hydrogens (tertiary/aromatic N) is 1. The van der Waals surface area contributed by atoms with Crippen LogP contribution in [0.4, 0.5) is 0 Å². The number of rotatable bonds is 2. The predicted octanol–water partition coefficient (Wildman–Crippen LogP) is -0.959. The highest BCUT2D eigenvalue weighted by molar-refractivity contribution is 4.86. The molecule has 0 saturated carbocycles. The van der Waals surface area contributed by atoms with Crippen molar-refractivity contribution >= 4 is 0 Å². The molecule has 0 aromatic rings. The third-order valence-corrected chi connectivity index (χ3v) is 2.30. The van der Waals surface area contributed by atoms with Crippen molar-refractivity contribution in [2.75, 3.05) is 19.6 Å². The molecule has 1 rings (SSSR count). The molecular weight excluding hydrogens is 170 g/mol. The van der Waals surface area contributed by atoms with E-state index in [0.29, 0.717) is 19.0 Å². The van der Waals surface area contributed by atoms with Crippen LogP contribution in [0, 0.1) is 5.92 Å². The SMILES string of the molecule is CC(C)CN1CC(O)C(O)C(O)C1. The quantitative estimate of drug-likeness (QED) is 0.523. The summed E-state index contributed by atoms with van der Waals surface area (Å²) in [5.74, 6) is 0.509. The molecule has 0 spiro atoms. The van der Waals surface area contributed by atoms with Crippen molar-refractivity contribution in [3.8, 4) is 0 Å². The minimum absolute atomic E-state index is 0.455. The average molecular weight is 189 g/mol. The van der Waals surface area contributed by atoms with Crippen LogP contribution in [0.3, 0.4) is 0 Å². The average Bonchev–Trinajstić information content (AvgIpc) is 1.98. The standard InChI is InChI=1S/C9H19NO3/c1-6(2)3-10-4-7(11)9(13)8(12)5-10/h6-9,11-13H,3-5H2,1-2H3. The lowest BCUT2D eigenvalue weighted by atomic mass is 10.0. The van der Waals surface area contributed by atoms with Crippen LogP contribution >= 0.6 is 0 Å². The summed E-state index contributed by atoms with van der Waals surface area (Å²) in [4.78, 5) is 1.98. The van der Waals surface area contributed by atoms with Crippen LogP contribution < -0.4 is 0 Å². The monoisotopic (exact) mass is 189 g/mol. The van der Waals surface area contributed by atoms with E-state index in [0.717, 1.165) is 6.54 Å². The molecule has 0 amide bonds. The molecular formula is C9H19NO3. The highest BCUT2D eigenvalue weighted by atomic mass is 16.4. The molecule has 1 aliphatic heterocycles. The Morgan fingerprint density at radius 2 is 1.62 bits per heavy atom. The second kappa shape index (κ2) is 4.37. The van der Waals surface area contributed by atoms with E-state index in [1.165, 1.54) is 0 Å². The zero-order valence-corrected chi connectivity index (χ0v) is 8.22. The summed E-state index contributed by atoms with van der Waals surface area (Å²) in [6.07, 6.45) is -2.62. The first-order valence-corrected chi connectivity index (χ1v) is 4.77. The van der Waals surface area contributed by atoms with E-state index in [4.69, 9.17) is 0 Å². The number of β-amino-alcohol motifs (C(OH)–C–C–N with tert-alkyl or cyclic N) is 2. The Morgan fingerprint density at radius 3 is 2.00 bits per heavy atom. The van der Waals surface area contributed by atoms with Gasteiger partial charge in [-0.15, -0.1) is 0 Å². The molecule has 0 radical (unpaired) electrons. The Bertz CT molecular complexity index is 151. The molecule has 78 valence electrons. The van der Waals surface area contributed by atoms with Crippen molar-refractivity contribution < 1.29 is 15.3 Å². The van der Waals surface area contributed by atoms with Gasteiger partial charge in [-0.25, -0.2) is 0 Å². The molecule has 0 bridgehead atoms. The number of piperidine rings is 1. The fourth-order valence-corrected chi connectivity index (χ4v) is 1.74. The third kappa shape index (κ3) is 2.91. The van der Waals surface area contributed by atoms with Gasteiger partial charge in [0.1, 0.15) is 6.10 Å². The summed E-state index contributed by atoms with van der Waals surface area (Å²) < 4.78 is 0. The van der Waals surface area contributed by atoms with Gasteiger partial charge >= 0.3 is 0 Å². The van der Waals surface area contributed by atoms with Gasteiger partial charge in [0.05, 0.1) is 12.2 Å². The summed E-state index contributed by atoms with van der Waals surface area (Å²) in [5.41, 5.74) is 0. The van der Waals surface area contributed by atoms with Crippen molar-refractivity contribution in [1.82, 2.24) is 4.90 Å². The van der Waals surface area contributed by atoms with Crippen molar-refractivity contribution in [2.45, 2.75) is 32.2 Å². The van der Waals surface area contributed by atoms with Gasteiger partial charge in [0.2, 0.25) is 0 Å². The maximum absolute atomic E-state index is 9.38. The van der Waals surface area contributed by atoms with Crippen LogP contribution in [-0.2, 0) is 0 Å². The molecule has 13 heavy (non-hydrogen) atoms. The van der Waals surface area contributed by atoms with E-state index in [1.54, 1.807) is 0 Å². The van der Waals surface area contributed by atoms with E-state index in [-0.39, 0.29) is 0 Å². The topological polar surface area (TPSA) is 63.9 Å². The number of hydrogen-bond donors (Lipinski definition) is 3. The minimum Gasteiger partial charge on any atom is -0.389 e. The highest BCUT2D eigenvalue weighted by Gasteiger charge is 2.33. The molecule has 2 atom stereocenters. The van der Waals surface area contributed by atoms with Crippen molar-refractivity contribution in [2.24, 2.45) is 5.92 Å². The second-order valence-electron chi connectivity index (χ2n) is 4.24. The minimum atomic E-state index is -0.983. The Kier molecular flexibility index (Phi) is 3.67. The van der Waals surface area contributed by atoms with Gasteiger partial charge in [0.25, 0.3) is 0 Å². The molecule has 3 N–H and O–H groups in total. The molecule has 1 saturated heterocycles. The second-order valence-corrected chi connectivity index (χ2v) is 4.24. The Labute approximate surface area is 78.8 Å². The van der Waals surface area contributed by atoms with E-state index in [2.05, 4.69) is 13.8 Å². The van der Waals surface area contributed by atoms with E-state index in [9.17, 15) is 15.3 Å². The molecule has 1 aliphatic rings. The number of likely N-dealkylation sites (tertiary alicyclic amines) is 1. The largest absolute Gasteiger partial charge is 0.389 e. The maximum Gasteiger partial charge on any atom is 0.108 e. The summed E-state index contributed by atoms with van der Waals surface area (Å²) in [5, 5.41) is 28.0. The maximum atomic E-state index is 9.38. The number of aliphatic hydroxyl groups excluding tert-OH is 3. The molecule has 1 fully saturated rings. The Hall–Kier alpha value is -0.160. The van der Waals surface area contributed by atoms with Crippen molar-refractivity contribution in [3.63, 3.8) is 0 Å².